The van der Waals surface area contributed by atoms with Crippen LogP contribution in [-0.2, 0) is 27.9 Å². The number of benzene rings is 1. The fourth-order valence-electron chi connectivity index (χ4n) is 3.51. The molecule has 166 valence electrons. The first-order chi connectivity index (χ1) is 14.8. The number of hydrogen-bond donors (Lipinski definition) is 0. The highest BCUT2D eigenvalue weighted by Crippen LogP contribution is 2.30. The maximum absolute atomic E-state index is 13.5. The fourth-order valence-corrected chi connectivity index (χ4v) is 4.49. The molecule has 0 aliphatic carbocycles. The maximum atomic E-state index is 13.5. The van der Waals surface area contributed by atoms with Gasteiger partial charge in [0.2, 0.25) is 0 Å². The minimum absolute atomic E-state index is 0.232. The minimum Gasteiger partial charge on any atom is -0.493 e. The van der Waals surface area contributed by atoms with Crippen molar-refractivity contribution in [3.05, 3.63) is 50.9 Å². The van der Waals surface area contributed by atoms with E-state index in [1.54, 1.807) is 35.0 Å². The topological polar surface area (TPSA) is 79.7 Å². The summed E-state index contributed by atoms with van der Waals surface area (Å²) in [4.78, 5) is 32.8. The molecule has 0 unspecified atom stereocenters. The summed E-state index contributed by atoms with van der Waals surface area (Å²) >= 11 is 1.50. The molecule has 0 saturated heterocycles. The number of aryl methyl sites for hydroxylation is 1. The minimum atomic E-state index is -1.21. The van der Waals surface area contributed by atoms with Crippen LogP contribution in [0.2, 0.25) is 0 Å². The molecular formula is C23H28N2O5S. The Hall–Kier alpha value is -2.87. The molecule has 0 spiro atoms. The molecule has 8 heteroatoms. The smallest absolute Gasteiger partial charge is 0.331 e. The number of nitrogens with zero attached hydrogens (tertiary/aromatic N) is 2. The molecular weight excluding hydrogens is 416 g/mol. The molecule has 0 N–H and O–H groups in total. The summed E-state index contributed by atoms with van der Waals surface area (Å²) in [5, 5.41) is 0.523. The van der Waals surface area contributed by atoms with Gasteiger partial charge in [-0.2, -0.15) is 0 Å². The van der Waals surface area contributed by atoms with Crippen LogP contribution >= 0.6 is 11.3 Å². The van der Waals surface area contributed by atoms with Crippen molar-refractivity contribution in [2.24, 2.45) is 0 Å². The number of rotatable bonds is 8. The number of aromatic nitrogens is 2. The highest BCUT2D eigenvalue weighted by Gasteiger charge is 2.35. The number of thiophene rings is 1. The Morgan fingerprint density at radius 3 is 2.45 bits per heavy atom. The molecule has 0 radical (unpaired) electrons. The zero-order valence-electron chi connectivity index (χ0n) is 18.8. The predicted octanol–water partition coefficient (Wildman–Crippen LogP) is 3.93. The maximum Gasteiger partial charge on any atom is 0.331 e. The van der Waals surface area contributed by atoms with E-state index in [4.69, 9.17) is 19.2 Å². The van der Waals surface area contributed by atoms with Crippen molar-refractivity contribution in [3.63, 3.8) is 0 Å². The number of hydrogen-bond acceptors (Lipinski definition) is 7. The van der Waals surface area contributed by atoms with Gasteiger partial charge in [-0.05, 0) is 51.0 Å². The largest absolute Gasteiger partial charge is 0.493 e. The Morgan fingerprint density at radius 1 is 1.13 bits per heavy atom. The van der Waals surface area contributed by atoms with Crippen LogP contribution in [0, 0.1) is 0 Å². The number of methoxy groups -OCH3 is 2. The predicted molar refractivity (Wildman–Crippen MR) is 122 cm³/mol. The zero-order valence-corrected chi connectivity index (χ0v) is 19.6. The molecule has 31 heavy (non-hydrogen) atoms. The highest BCUT2D eigenvalue weighted by atomic mass is 32.1. The second-order valence-electron chi connectivity index (χ2n) is 7.60. The van der Waals surface area contributed by atoms with Gasteiger partial charge in [0, 0.05) is 11.3 Å². The lowest BCUT2D eigenvalue weighted by atomic mass is 10.0. The number of ether oxygens (including phenoxy) is 3. The van der Waals surface area contributed by atoms with Crippen LogP contribution in [0.5, 0.6) is 11.5 Å². The Balaban J connectivity index is 2.21. The summed E-state index contributed by atoms with van der Waals surface area (Å²) in [7, 11) is 3.15. The molecule has 0 saturated carbocycles. The molecule has 2 heterocycles. The molecule has 0 fully saturated rings. The van der Waals surface area contributed by atoms with Gasteiger partial charge in [-0.25, -0.2) is 9.78 Å². The molecule has 3 rings (SSSR count). The van der Waals surface area contributed by atoms with Gasteiger partial charge in [0.05, 0.1) is 26.2 Å². The van der Waals surface area contributed by atoms with Crippen molar-refractivity contribution in [3.8, 4) is 11.5 Å². The summed E-state index contributed by atoms with van der Waals surface area (Å²) in [6, 6.07) is 7.42. The average Bonchev–Trinajstić information content (AvgIpc) is 3.17. The molecule has 1 aromatic carbocycles. The second-order valence-corrected chi connectivity index (χ2v) is 8.71. The number of fused-ring (bicyclic) bond motifs is 1. The number of carbonyl (C=O) groups is 1. The molecule has 3 aromatic rings. The Kier molecular flexibility index (Phi) is 6.69. The summed E-state index contributed by atoms with van der Waals surface area (Å²) in [5.74, 6) is 1.22. The lowest BCUT2D eigenvalue weighted by Crippen LogP contribution is -2.45. The van der Waals surface area contributed by atoms with Crippen LogP contribution in [0.3, 0.4) is 0 Å². The zero-order chi connectivity index (χ0) is 22.8. The van der Waals surface area contributed by atoms with Gasteiger partial charge < -0.3 is 14.2 Å². The van der Waals surface area contributed by atoms with Crippen LogP contribution in [0.25, 0.3) is 10.2 Å². The summed E-state index contributed by atoms with van der Waals surface area (Å²) in [5.41, 5.74) is -0.576. The molecule has 0 bridgehead atoms. The second kappa shape index (κ2) is 9.09. The van der Waals surface area contributed by atoms with E-state index < -0.39 is 11.5 Å². The van der Waals surface area contributed by atoms with E-state index in [0.29, 0.717) is 34.0 Å². The van der Waals surface area contributed by atoms with E-state index in [1.807, 2.05) is 31.2 Å². The number of carbonyl (C=O) groups excluding carboxylic acids is 1. The molecule has 0 atom stereocenters. The van der Waals surface area contributed by atoms with E-state index in [1.165, 1.54) is 15.9 Å². The van der Waals surface area contributed by atoms with Gasteiger partial charge in [0.1, 0.15) is 16.2 Å². The van der Waals surface area contributed by atoms with E-state index in [9.17, 15) is 9.59 Å². The van der Waals surface area contributed by atoms with E-state index in [2.05, 4.69) is 0 Å². The summed E-state index contributed by atoms with van der Waals surface area (Å²) in [6.07, 6.45) is 1.15. The molecule has 0 aliphatic heterocycles. The van der Waals surface area contributed by atoms with Gasteiger partial charge in [0.15, 0.2) is 11.5 Å². The third-order valence-corrected chi connectivity index (χ3v) is 6.35. The van der Waals surface area contributed by atoms with Gasteiger partial charge in [0.25, 0.3) is 5.56 Å². The van der Waals surface area contributed by atoms with Gasteiger partial charge in [-0.15, -0.1) is 11.3 Å². The Bertz CT molecular complexity index is 1160. The Morgan fingerprint density at radius 2 is 1.84 bits per heavy atom. The van der Waals surface area contributed by atoms with Crippen molar-refractivity contribution in [1.82, 2.24) is 9.55 Å². The van der Waals surface area contributed by atoms with Crippen molar-refractivity contribution in [1.29, 1.82) is 0 Å². The first kappa shape index (κ1) is 22.8. The average molecular weight is 445 g/mol. The molecule has 7 nitrogen and oxygen atoms in total. The van der Waals surface area contributed by atoms with Crippen molar-refractivity contribution < 1.29 is 19.0 Å². The first-order valence-corrected chi connectivity index (χ1v) is 11.0. The van der Waals surface area contributed by atoms with E-state index in [0.717, 1.165) is 16.9 Å². The third kappa shape index (κ3) is 4.30. The Labute approximate surface area is 185 Å². The summed E-state index contributed by atoms with van der Waals surface area (Å²) in [6.45, 7) is 7.39. The van der Waals surface area contributed by atoms with Crippen LogP contribution in [0.15, 0.2) is 29.1 Å². The van der Waals surface area contributed by atoms with E-state index in [-0.39, 0.29) is 12.2 Å². The lowest BCUT2D eigenvalue weighted by molar-refractivity contribution is -0.152. The first-order valence-electron chi connectivity index (χ1n) is 10.2. The highest BCUT2D eigenvalue weighted by molar-refractivity contribution is 7.18. The van der Waals surface area contributed by atoms with Gasteiger partial charge in [-0.3, -0.25) is 9.36 Å². The normalized spacial score (nSPS) is 11.5. The van der Waals surface area contributed by atoms with Crippen LogP contribution in [0.4, 0.5) is 0 Å². The fraction of sp³-hybridized carbons (Fsp3) is 0.435. The molecule has 2 aromatic heterocycles. The van der Waals surface area contributed by atoms with Gasteiger partial charge >= 0.3 is 5.97 Å². The third-order valence-electron chi connectivity index (χ3n) is 5.18. The standard InChI is InChI=1S/C23H28N2O5S/c1-7-15-13-16-20(31-15)24-19(12-14-9-10-17(28-5)18(11-14)29-6)25(21(16)26)23(3,4)22(27)30-8-2/h9-11,13H,7-8,12H2,1-6H3. The van der Waals surface area contributed by atoms with Crippen molar-refractivity contribution in [2.75, 3.05) is 20.8 Å². The molecule has 0 aliphatic rings. The summed E-state index contributed by atoms with van der Waals surface area (Å²) < 4.78 is 17.5. The van der Waals surface area contributed by atoms with Gasteiger partial charge in [-0.1, -0.05) is 13.0 Å². The lowest BCUT2D eigenvalue weighted by Gasteiger charge is -2.27. The van der Waals surface area contributed by atoms with Crippen LogP contribution < -0.4 is 15.0 Å². The van der Waals surface area contributed by atoms with Crippen LogP contribution in [-0.4, -0.2) is 36.3 Å². The quantitative estimate of drug-likeness (QED) is 0.490. The van der Waals surface area contributed by atoms with Crippen molar-refractivity contribution >= 4 is 27.5 Å². The van der Waals surface area contributed by atoms with E-state index >= 15 is 0 Å². The van der Waals surface area contributed by atoms with Crippen LogP contribution in [0.1, 0.15) is 44.0 Å². The SMILES string of the molecule is CCOC(=O)C(C)(C)n1c(Cc2ccc(OC)c(OC)c2)nc2sc(CC)cc2c1=O. The monoisotopic (exact) mass is 444 g/mol. The van der Waals surface area contributed by atoms with Crippen molar-refractivity contribution in [2.45, 2.75) is 46.1 Å². The molecule has 0 amide bonds. The number of esters is 1.